The molecule has 5 heteroatoms. The molecule has 0 spiro atoms. The molecule has 0 bridgehead atoms. The Bertz CT molecular complexity index is 645. The Kier molecular flexibility index (Phi) is 4.89. The van der Waals surface area contributed by atoms with Gasteiger partial charge in [-0.05, 0) is 42.0 Å². The highest BCUT2D eigenvalue weighted by atomic mass is 19.1. The highest BCUT2D eigenvalue weighted by molar-refractivity contribution is 5.77. The Labute approximate surface area is 121 Å². The Hall–Kier alpha value is -2.87. The molecule has 2 rings (SSSR count). The third-order valence-corrected chi connectivity index (χ3v) is 2.76. The van der Waals surface area contributed by atoms with Gasteiger partial charge in [0, 0.05) is 6.54 Å². The number of hydrogen-bond donors (Lipinski definition) is 1. The fraction of sp³-hybridized carbons (Fsp3) is 0.125. The highest BCUT2D eigenvalue weighted by Gasteiger charge is 2.03. The summed E-state index contributed by atoms with van der Waals surface area (Å²) in [4.78, 5) is 11.6. The summed E-state index contributed by atoms with van der Waals surface area (Å²) in [5.74, 6) is -0.0659. The highest BCUT2D eigenvalue weighted by Crippen LogP contribution is 2.11. The van der Waals surface area contributed by atoms with E-state index in [1.807, 2.05) is 6.07 Å². The molecule has 0 saturated carbocycles. The minimum Gasteiger partial charge on any atom is -0.484 e. The van der Waals surface area contributed by atoms with Crippen LogP contribution in [-0.4, -0.2) is 12.5 Å². The molecule has 0 radical (unpaired) electrons. The molecular formula is C16H13FN2O2. The number of ether oxygens (including phenoxy) is 1. The third kappa shape index (κ3) is 4.62. The molecule has 106 valence electrons. The maximum Gasteiger partial charge on any atom is 0.258 e. The first kappa shape index (κ1) is 14.5. The molecule has 1 amide bonds. The zero-order chi connectivity index (χ0) is 15.1. The maximum absolute atomic E-state index is 12.7. The summed E-state index contributed by atoms with van der Waals surface area (Å²) in [6, 6.07) is 14.4. The molecule has 0 heterocycles. The lowest BCUT2D eigenvalue weighted by molar-refractivity contribution is -0.123. The monoisotopic (exact) mass is 284 g/mol. The average molecular weight is 284 g/mol. The molecule has 0 aliphatic rings. The topological polar surface area (TPSA) is 62.1 Å². The number of carbonyl (C=O) groups is 1. The van der Waals surface area contributed by atoms with Crippen LogP contribution in [-0.2, 0) is 11.3 Å². The van der Waals surface area contributed by atoms with E-state index in [-0.39, 0.29) is 18.3 Å². The van der Waals surface area contributed by atoms with E-state index in [1.54, 1.807) is 36.4 Å². The Morgan fingerprint density at radius 3 is 2.43 bits per heavy atom. The molecule has 0 atom stereocenters. The van der Waals surface area contributed by atoms with E-state index in [4.69, 9.17) is 10.00 Å². The molecule has 0 aromatic heterocycles. The minimum atomic E-state index is -0.311. The molecule has 0 fully saturated rings. The number of benzene rings is 2. The largest absolute Gasteiger partial charge is 0.484 e. The number of carbonyl (C=O) groups excluding carboxylic acids is 1. The summed E-state index contributed by atoms with van der Waals surface area (Å²) < 4.78 is 18.0. The summed E-state index contributed by atoms with van der Waals surface area (Å²) >= 11 is 0. The molecule has 1 N–H and O–H groups in total. The van der Waals surface area contributed by atoms with Gasteiger partial charge < -0.3 is 10.1 Å². The van der Waals surface area contributed by atoms with Gasteiger partial charge in [-0.2, -0.15) is 5.26 Å². The summed E-state index contributed by atoms with van der Waals surface area (Å²) in [5.41, 5.74) is 1.34. The lowest BCUT2D eigenvalue weighted by Gasteiger charge is -2.07. The number of nitrogens with one attached hydrogen (secondary N) is 1. The van der Waals surface area contributed by atoms with Crippen molar-refractivity contribution in [2.24, 2.45) is 0 Å². The van der Waals surface area contributed by atoms with Crippen LogP contribution in [0.2, 0.25) is 0 Å². The summed E-state index contributed by atoms with van der Waals surface area (Å²) in [5, 5.41) is 11.3. The van der Waals surface area contributed by atoms with Crippen LogP contribution in [0, 0.1) is 17.1 Å². The normalized spacial score (nSPS) is 9.71. The van der Waals surface area contributed by atoms with E-state index in [0.29, 0.717) is 17.9 Å². The second-order valence-electron chi connectivity index (χ2n) is 4.33. The van der Waals surface area contributed by atoms with Gasteiger partial charge in [-0.25, -0.2) is 4.39 Å². The second kappa shape index (κ2) is 7.06. The summed E-state index contributed by atoms with van der Waals surface area (Å²) in [7, 11) is 0. The predicted molar refractivity (Wildman–Crippen MR) is 74.9 cm³/mol. The first-order chi connectivity index (χ1) is 10.2. The number of nitrogens with zero attached hydrogens (tertiary/aromatic N) is 1. The van der Waals surface area contributed by atoms with Crippen molar-refractivity contribution >= 4 is 5.91 Å². The summed E-state index contributed by atoms with van der Waals surface area (Å²) in [6.45, 7) is 0.197. The van der Waals surface area contributed by atoms with Crippen molar-refractivity contribution in [1.29, 1.82) is 5.26 Å². The van der Waals surface area contributed by atoms with Crippen molar-refractivity contribution < 1.29 is 13.9 Å². The molecular weight excluding hydrogens is 271 g/mol. The molecule has 21 heavy (non-hydrogen) atoms. The summed E-state index contributed by atoms with van der Waals surface area (Å²) in [6.07, 6.45) is 0. The van der Waals surface area contributed by atoms with E-state index in [0.717, 1.165) is 5.56 Å². The molecule has 0 aliphatic carbocycles. The van der Waals surface area contributed by atoms with Crippen LogP contribution >= 0.6 is 0 Å². The SMILES string of the molecule is N#Cc1ccc(OCC(=O)NCc2ccc(F)cc2)cc1. The molecule has 0 saturated heterocycles. The molecule has 2 aromatic rings. The zero-order valence-electron chi connectivity index (χ0n) is 11.2. The van der Waals surface area contributed by atoms with E-state index in [9.17, 15) is 9.18 Å². The number of nitriles is 1. The second-order valence-corrected chi connectivity index (χ2v) is 4.33. The maximum atomic E-state index is 12.7. The van der Waals surface area contributed by atoms with E-state index >= 15 is 0 Å². The average Bonchev–Trinajstić information content (AvgIpc) is 2.53. The lowest BCUT2D eigenvalue weighted by atomic mass is 10.2. The van der Waals surface area contributed by atoms with Gasteiger partial charge in [0.05, 0.1) is 11.6 Å². The van der Waals surface area contributed by atoms with Crippen LogP contribution in [0.1, 0.15) is 11.1 Å². The smallest absolute Gasteiger partial charge is 0.258 e. The van der Waals surface area contributed by atoms with Gasteiger partial charge in [0.15, 0.2) is 6.61 Å². The number of halogens is 1. The minimum absolute atomic E-state index is 0.118. The van der Waals surface area contributed by atoms with Crippen molar-refractivity contribution in [3.8, 4) is 11.8 Å². The third-order valence-electron chi connectivity index (χ3n) is 2.76. The van der Waals surface area contributed by atoms with Crippen molar-refractivity contribution in [1.82, 2.24) is 5.32 Å². The van der Waals surface area contributed by atoms with E-state index in [2.05, 4.69) is 5.32 Å². The fourth-order valence-corrected chi connectivity index (χ4v) is 1.63. The van der Waals surface area contributed by atoms with Crippen molar-refractivity contribution in [3.05, 3.63) is 65.5 Å². The van der Waals surface area contributed by atoms with Crippen LogP contribution in [0.5, 0.6) is 5.75 Å². The van der Waals surface area contributed by atoms with Crippen LogP contribution < -0.4 is 10.1 Å². The zero-order valence-corrected chi connectivity index (χ0v) is 11.2. The van der Waals surface area contributed by atoms with E-state index < -0.39 is 0 Å². The van der Waals surface area contributed by atoms with Gasteiger partial charge in [0.2, 0.25) is 0 Å². The van der Waals surface area contributed by atoms with E-state index in [1.165, 1.54) is 12.1 Å². The standard InChI is InChI=1S/C16H13FN2O2/c17-14-5-1-13(2-6-14)10-19-16(20)11-21-15-7-3-12(9-18)4-8-15/h1-8H,10-11H2,(H,19,20). The molecule has 2 aromatic carbocycles. The van der Waals surface area contributed by atoms with Gasteiger partial charge in [0.25, 0.3) is 5.91 Å². The van der Waals surface area contributed by atoms with Gasteiger partial charge in [0.1, 0.15) is 11.6 Å². The Morgan fingerprint density at radius 1 is 1.14 bits per heavy atom. The quantitative estimate of drug-likeness (QED) is 0.917. The molecule has 4 nitrogen and oxygen atoms in total. The van der Waals surface area contributed by atoms with Crippen molar-refractivity contribution in [3.63, 3.8) is 0 Å². The Morgan fingerprint density at radius 2 is 1.81 bits per heavy atom. The Balaban J connectivity index is 1.76. The van der Waals surface area contributed by atoms with Crippen molar-refractivity contribution in [2.45, 2.75) is 6.54 Å². The lowest BCUT2D eigenvalue weighted by Crippen LogP contribution is -2.28. The van der Waals surface area contributed by atoms with Crippen LogP contribution in [0.25, 0.3) is 0 Å². The number of hydrogen-bond acceptors (Lipinski definition) is 3. The van der Waals surface area contributed by atoms with Gasteiger partial charge in [-0.15, -0.1) is 0 Å². The van der Waals surface area contributed by atoms with Crippen LogP contribution in [0.15, 0.2) is 48.5 Å². The van der Waals surface area contributed by atoms with Crippen molar-refractivity contribution in [2.75, 3.05) is 6.61 Å². The van der Waals surface area contributed by atoms with Gasteiger partial charge in [-0.1, -0.05) is 12.1 Å². The van der Waals surface area contributed by atoms with Crippen LogP contribution in [0.3, 0.4) is 0 Å². The molecule has 0 aliphatic heterocycles. The van der Waals surface area contributed by atoms with Gasteiger partial charge >= 0.3 is 0 Å². The number of rotatable bonds is 5. The van der Waals surface area contributed by atoms with Gasteiger partial charge in [-0.3, -0.25) is 4.79 Å². The first-order valence-electron chi connectivity index (χ1n) is 6.31. The fourth-order valence-electron chi connectivity index (χ4n) is 1.63. The first-order valence-corrected chi connectivity index (χ1v) is 6.31. The van der Waals surface area contributed by atoms with Crippen LogP contribution in [0.4, 0.5) is 4.39 Å². The molecule has 0 unspecified atom stereocenters. The predicted octanol–water partition coefficient (Wildman–Crippen LogP) is 2.39. The number of amides is 1.